The Bertz CT molecular complexity index is 575. The van der Waals surface area contributed by atoms with E-state index in [2.05, 4.69) is 37.3 Å². The number of nitrogens with two attached hydrogens (primary N) is 1. The van der Waals surface area contributed by atoms with Gasteiger partial charge in [0.05, 0.1) is 10.5 Å². The molecule has 0 saturated carbocycles. The molecule has 0 saturated heterocycles. The Hall–Kier alpha value is -0.750. The van der Waals surface area contributed by atoms with Gasteiger partial charge < -0.3 is 0 Å². The number of benzene rings is 2. The summed E-state index contributed by atoms with van der Waals surface area (Å²) in [5, 5.41) is 0. The van der Waals surface area contributed by atoms with E-state index in [9.17, 15) is 4.39 Å². The van der Waals surface area contributed by atoms with Crippen LogP contribution in [-0.4, -0.2) is 0 Å². The lowest BCUT2D eigenvalue weighted by atomic mass is 9.99. The average molecular weight is 388 g/mol. The third kappa shape index (κ3) is 3.63. The van der Waals surface area contributed by atoms with Crippen molar-refractivity contribution < 1.29 is 4.39 Å². The maximum Gasteiger partial charge on any atom is 0.137 e. The fourth-order valence-electron chi connectivity index (χ4n) is 1.95. The van der Waals surface area contributed by atoms with E-state index >= 15 is 0 Å². The smallest absolute Gasteiger partial charge is 0.137 e. The highest BCUT2D eigenvalue weighted by Crippen LogP contribution is 2.28. The van der Waals surface area contributed by atoms with Gasteiger partial charge in [0, 0.05) is 4.47 Å². The summed E-state index contributed by atoms with van der Waals surface area (Å²) in [5.74, 6) is 5.32. The van der Waals surface area contributed by atoms with Crippen molar-refractivity contribution in [1.29, 1.82) is 0 Å². The minimum absolute atomic E-state index is 0.153. The summed E-state index contributed by atoms with van der Waals surface area (Å²) in [4.78, 5) is 0. The number of halogens is 3. The van der Waals surface area contributed by atoms with Crippen LogP contribution in [0.3, 0.4) is 0 Å². The summed E-state index contributed by atoms with van der Waals surface area (Å²) < 4.78 is 15.0. The molecule has 2 rings (SSSR count). The first-order chi connectivity index (χ1) is 9.11. The first-order valence-corrected chi connectivity index (χ1v) is 7.35. The van der Waals surface area contributed by atoms with Crippen molar-refractivity contribution in [1.82, 2.24) is 5.43 Å². The molecule has 0 amide bonds. The van der Waals surface area contributed by atoms with Gasteiger partial charge >= 0.3 is 0 Å². The predicted molar refractivity (Wildman–Crippen MR) is 82.0 cm³/mol. The number of hydrogen-bond donors (Lipinski definition) is 2. The second kappa shape index (κ2) is 6.61. The molecule has 2 nitrogen and oxygen atoms in total. The standard InChI is InChI=1S/C14H13Br2FN2/c15-10-4-1-3-9(7-10)8-13(19-18)11-5-2-6-12(17)14(11)16/h1-7,13,19H,8,18H2. The third-order valence-electron chi connectivity index (χ3n) is 2.89. The summed E-state index contributed by atoms with van der Waals surface area (Å²) in [7, 11) is 0. The van der Waals surface area contributed by atoms with Gasteiger partial charge in [-0.15, -0.1) is 0 Å². The van der Waals surface area contributed by atoms with Crippen molar-refractivity contribution in [2.75, 3.05) is 0 Å². The van der Waals surface area contributed by atoms with Gasteiger partial charge in [-0.3, -0.25) is 11.3 Å². The molecular weight excluding hydrogens is 375 g/mol. The van der Waals surface area contributed by atoms with E-state index in [1.807, 2.05) is 30.3 Å². The Balaban J connectivity index is 2.28. The van der Waals surface area contributed by atoms with Crippen LogP contribution in [0, 0.1) is 5.82 Å². The van der Waals surface area contributed by atoms with Crippen LogP contribution in [0.15, 0.2) is 51.4 Å². The molecule has 0 radical (unpaired) electrons. The summed E-state index contributed by atoms with van der Waals surface area (Å²) in [6.45, 7) is 0. The predicted octanol–water partition coefficient (Wildman–Crippen LogP) is 4.10. The topological polar surface area (TPSA) is 38.0 Å². The number of hydrogen-bond acceptors (Lipinski definition) is 2. The van der Waals surface area contributed by atoms with Crippen LogP contribution in [0.1, 0.15) is 17.2 Å². The zero-order valence-corrected chi connectivity index (χ0v) is 13.2. The minimum atomic E-state index is -0.285. The Kier molecular flexibility index (Phi) is 5.10. The van der Waals surface area contributed by atoms with Crippen molar-refractivity contribution in [2.24, 2.45) is 5.84 Å². The van der Waals surface area contributed by atoms with Crippen molar-refractivity contribution in [2.45, 2.75) is 12.5 Å². The summed E-state index contributed by atoms with van der Waals surface area (Å²) in [5.41, 5.74) is 4.67. The highest BCUT2D eigenvalue weighted by atomic mass is 79.9. The van der Waals surface area contributed by atoms with Crippen LogP contribution in [-0.2, 0) is 6.42 Å². The molecule has 2 aromatic rings. The van der Waals surface area contributed by atoms with Crippen molar-refractivity contribution in [3.05, 3.63) is 68.4 Å². The highest BCUT2D eigenvalue weighted by molar-refractivity contribution is 9.10. The van der Waals surface area contributed by atoms with Crippen molar-refractivity contribution in [3.63, 3.8) is 0 Å². The Labute approximate surface area is 128 Å². The third-order valence-corrected chi connectivity index (χ3v) is 4.22. The molecule has 100 valence electrons. The number of nitrogens with one attached hydrogen (secondary N) is 1. The Morgan fingerprint density at radius 1 is 1.16 bits per heavy atom. The summed E-state index contributed by atoms with van der Waals surface area (Å²) in [6, 6.07) is 12.8. The van der Waals surface area contributed by atoms with Gasteiger partial charge in [0.15, 0.2) is 0 Å². The van der Waals surface area contributed by atoms with Gasteiger partial charge in [-0.1, -0.05) is 40.2 Å². The van der Waals surface area contributed by atoms with Gasteiger partial charge in [0.25, 0.3) is 0 Å². The molecule has 1 unspecified atom stereocenters. The molecule has 2 aromatic carbocycles. The van der Waals surface area contributed by atoms with Crippen molar-refractivity contribution in [3.8, 4) is 0 Å². The maximum atomic E-state index is 13.6. The molecule has 0 heterocycles. The van der Waals surface area contributed by atoms with E-state index in [1.165, 1.54) is 6.07 Å². The first kappa shape index (κ1) is 14.7. The van der Waals surface area contributed by atoms with E-state index < -0.39 is 0 Å². The van der Waals surface area contributed by atoms with Crippen LogP contribution < -0.4 is 11.3 Å². The molecule has 0 fully saturated rings. The zero-order valence-electron chi connectivity index (χ0n) is 10.0. The van der Waals surface area contributed by atoms with Crippen LogP contribution in [0.4, 0.5) is 4.39 Å². The number of hydrazine groups is 1. The normalized spacial score (nSPS) is 12.4. The lowest BCUT2D eigenvalue weighted by Gasteiger charge is -2.18. The molecule has 0 aliphatic rings. The zero-order chi connectivity index (χ0) is 13.8. The van der Waals surface area contributed by atoms with Gasteiger partial charge in [-0.05, 0) is 51.7 Å². The van der Waals surface area contributed by atoms with E-state index in [0.717, 1.165) is 15.6 Å². The lowest BCUT2D eigenvalue weighted by molar-refractivity contribution is 0.540. The molecule has 19 heavy (non-hydrogen) atoms. The van der Waals surface area contributed by atoms with Crippen LogP contribution in [0.2, 0.25) is 0 Å². The average Bonchev–Trinajstić information content (AvgIpc) is 2.40. The summed E-state index contributed by atoms with van der Waals surface area (Å²) >= 11 is 6.71. The molecule has 1 atom stereocenters. The fourth-order valence-corrected chi connectivity index (χ4v) is 2.94. The number of rotatable bonds is 4. The van der Waals surface area contributed by atoms with Crippen LogP contribution in [0.5, 0.6) is 0 Å². The van der Waals surface area contributed by atoms with E-state index in [1.54, 1.807) is 6.07 Å². The Morgan fingerprint density at radius 3 is 2.58 bits per heavy atom. The SMILES string of the molecule is NNC(Cc1cccc(Br)c1)c1cccc(F)c1Br. The van der Waals surface area contributed by atoms with E-state index in [-0.39, 0.29) is 11.9 Å². The monoisotopic (exact) mass is 386 g/mol. The first-order valence-electron chi connectivity index (χ1n) is 5.76. The second-order valence-corrected chi connectivity index (χ2v) is 5.91. The summed E-state index contributed by atoms with van der Waals surface area (Å²) in [6.07, 6.45) is 0.679. The molecule has 3 N–H and O–H groups in total. The fraction of sp³-hybridized carbons (Fsp3) is 0.143. The van der Waals surface area contributed by atoms with Gasteiger partial charge in [-0.2, -0.15) is 0 Å². The van der Waals surface area contributed by atoms with Gasteiger partial charge in [0.1, 0.15) is 5.82 Å². The largest absolute Gasteiger partial charge is 0.271 e. The molecule has 0 spiro atoms. The van der Waals surface area contributed by atoms with Gasteiger partial charge in [-0.25, -0.2) is 4.39 Å². The van der Waals surface area contributed by atoms with Crippen LogP contribution >= 0.6 is 31.9 Å². The second-order valence-electron chi connectivity index (χ2n) is 4.20. The molecular formula is C14H13Br2FN2. The van der Waals surface area contributed by atoms with Gasteiger partial charge in [0.2, 0.25) is 0 Å². The van der Waals surface area contributed by atoms with Crippen molar-refractivity contribution >= 4 is 31.9 Å². The van der Waals surface area contributed by atoms with E-state index in [0.29, 0.717) is 10.9 Å². The highest BCUT2D eigenvalue weighted by Gasteiger charge is 2.16. The maximum absolute atomic E-state index is 13.6. The molecule has 0 aliphatic heterocycles. The molecule has 0 bridgehead atoms. The van der Waals surface area contributed by atoms with Crippen LogP contribution in [0.25, 0.3) is 0 Å². The quantitative estimate of drug-likeness (QED) is 0.612. The lowest BCUT2D eigenvalue weighted by Crippen LogP contribution is -2.30. The Morgan fingerprint density at radius 2 is 1.89 bits per heavy atom. The minimum Gasteiger partial charge on any atom is -0.271 e. The molecule has 5 heteroatoms. The van der Waals surface area contributed by atoms with E-state index in [4.69, 9.17) is 5.84 Å². The molecule has 0 aromatic heterocycles. The molecule has 0 aliphatic carbocycles.